The third-order valence-corrected chi connectivity index (χ3v) is 3.88. The zero-order valence-electron chi connectivity index (χ0n) is 11.2. The number of morpholine rings is 1. The van der Waals surface area contributed by atoms with Crippen molar-refractivity contribution >= 4 is 11.8 Å². The second kappa shape index (κ2) is 5.63. The summed E-state index contributed by atoms with van der Waals surface area (Å²) in [7, 11) is 0. The molecule has 0 radical (unpaired) electrons. The highest BCUT2D eigenvalue weighted by molar-refractivity contribution is 5.89. The number of benzene rings is 1. The molecule has 5 heteroatoms. The molecular weight excluding hydrogens is 256 g/mol. The first-order valence-corrected chi connectivity index (χ1v) is 6.96. The lowest BCUT2D eigenvalue weighted by molar-refractivity contribution is -0.143. The summed E-state index contributed by atoms with van der Waals surface area (Å²) in [6.45, 7) is 2.17. The zero-order valence-corrected chi connectivity index (χ0v) is 11.2. The van der Waals surface area contributed by atoms with Gasteiger partial charge < -0.3 is 15.0 Å². The normalized spacial score (nSPS) is 26.4. The van der Waals surface area contributed by atoms with Crippen LogP contribution in [0.25, 0.3) is 0 Å². The Hall–Kier alpha value is -1.88. The number of rotatable bonds is 2. The molecule has 2 fully saturated rings. The van der Waals surface area contributed by atoms with Crippen LogP contribution in [0.3, 0.4) is 0 Å². The Morgan fingerprint density at radius 2 is 2.10 bits per heavy atom. The van der Waals surface area contributed by atoms with Gasteiger partial charge in [-0.15, -0.1) is 0 Å². The second-order valence-corrected chi connectivity index (χ2v) is 5.26. The van der Waals surface area contributed by atoms with Gasteiger partial charge in [-0.1, -0.05) is 30.3 Å². The maximum Gasteiger partial charge on any atom is 0.228 e. The molecule has 0 spiro atoms. The Morgan fingerprint density at radius 3 is 2.80 bits per heavy atom. The standard InChI is InChI=1S/C15H18N2O3/c18-14-8-12(9-16-14)15(19)17-6-7-20-13(10-17)11-4-2-1-3-5-11/h1-5,12-13H,6-10H2,(H,16,18). The molecule has 106 valence electrons. The Labute approximate surface area is 117 Å². The Kier molecular flexibility index (Phi) is 3.69. The predicted molar refractivity (Wildman–Crippen MR) is 72.8 cm³/mol. The molecule has 5 nitrogen and oxygen atoms in total. The summed E-state index contributed by atoms with van der Waals surface area (Å²) in [6.07, 6.45) is 0.241. The van der Waals surface area contributed by atoms with E-state index < -0.39 is 0 Å². The van der Waals surface area contributed by atoms with E-state index in [0.717, 1.165) is 5.56 Å². The van der Waals surface area contributed by atoms with Gasteiger partial charge in [-0.25, -0.2) is 0 Å². The van der Waals surface area contributed by atoms with Crippen LogP contribution in [-0.4, -0.2) is 43.0 Å². The van der Waals surface area contributed by atoms with Crippen LogP contribution in [0, 0.1) is 5.92 Å². The lowest BCUT2D eigenvalue weighted by atomic mass is 10.0. The molecule has 2 atom stereocenters. The summed E-state index contributed by atoms with van der Waals surface area (Å²) in [4.78, 5) is 25.4. The molecule has 0 aromatic heterocycles. The quantitative estimate of drug-likeness (QED) is 0.864. The fourth-order valence-corrected chi connectivity index (χ4v) is 2.76. The van der Waals surface area contributed by atoms with Gasteiger partial charge in [0, 0.05) is 19.5 Å². The zero-order chi connectivity index (χ0) is 13.9. The first-order valence-electron chi connectivity index (χ1n) is 6.96. The molecule has 20 heavy (non-hydrogen) atoms. The molecule has 2 unspecified atom stereocenters. The average molecular weight is 274 g/mol. The third-order valence-electron chi connectivity index (χ3n) is 3.88. The highest BCUT2D eigenvalue weighted by Crippen LogP contribution is 2.24. The van der Waals surface area contributed by atoms with Crippen LogP contribution in [-0.2, 0) is 14.3 Å². The summed E-state index contributed by atoms with van der Waals surface area (Å²) in [5.41, 5.74) is 1.09. The van der Waals surface area contributed by atoms with Crippen LogP contribution in [0.5, 0.6) is 0 Å². The van der Waals surface area contributed by atoms with Crippen molar-refractivity contribution in [2.45, 2.75) is 12.5 Å². The number of nitrogens with one attached hydrogen (secondary N) is 1. The number of hydrogen-bond donors (Lipinski definition) is 1. The predicted octanol–water partition coefficient (Wildman–Crippen LogP) is 0.723. The second-order valence-electron chi connectivity index (χ2n) is 5.26. The van der Waals surface area contributed by atoms with E-state index in [4.69, 9.17) is 4.74 Å². The van der Waals surface area contributed by atoms with Gasteiger partial charge in [0.25, 0.3) is 0 Å². The summed E-state index contributed by atoms with van der Waals surface area (Å²) in [6, 6.07) is 9.93. The minimum atomic E-state index is -0.211. The van der Waals surface area contributed by atoms with Crippen molar-refractivity contribution in [2.75, 3.05) is 26.2 Å². The molecule has 0 aliphatic carbocycles. The summed E-state index contributed by atoms with van der Waals surface area (Å²) < 4.78 is 5.75. The number of amides is 2. The van der Waals surface area contributed by atoms with Crippen molar-refractivity contribution in [1.82, 2.24) is 10.2 Å². The van der Waals surface area contributed by atoms with Gasteiger partial charge in [0.2, 0.25) is 11.8 Å². The van der Waals surface area contributed by atoms with Crippen LogP contribution in [0.1, 0.15) is 18.1 Å². The summed E-state index contributed by atoms with van der Waals surface area (Å²) in [5, 5.41) is 2.71. The van der Waals surface area contributed by atoms with Gasteiger partial charge in [-0.05, 0) is 5.56 Å². The first kappa shape index (κ1) is 13.1. The fraction of sp³-hybridized carbons (Fsp3) is 0.467. The number of hydrogen-bond acceptors (Lipinski definition) is 3. The van der Waals surface area contributed by atoms with Gasteiger partial charge in [0.15, 0.2) is 0 Å². The van der Waals surface area contributed by atoms with E-state index in [1.54, 1.807) is 0 Å². The van der Waals surface area contributed by atoms with Gasteiger partial charge in [-0.3, -0.25) is 9.59 Å². The summed E-state index contributed by atoms with van der Waals surface area (Å²) in [5.74, 6) is -0.180. The van der Waals surface area contributed by atoms with Crippen molar-refractivity contribution < 1.29 is 14.3 Å². The van der Waals surface area contributed by atoms with E-state index in [1.807, 2.05) is 35.2 Å². The Morgan fingerprint density at radius 1 is 1.30 bits per heavy atom. The minimum absolute atomic E-state index is 0.0313. The monoisotopic (exact) mass is 274 g/mol. The molecule has 2 amide bonds. The lowest BCUT2D eigenvalue weighted by Gasteiger charge is -2.34. The van der Waals surface area contributed by atoms with Crippen LogP contribution >= 0.6 is 0 Å². The van der Waals surface area contributed by atoms with Crippen LogP contribution in [0.4, 0.5) is 0 Å². The molecule has 2 aliphatic rings. The summed E-state index contributed by atoms with van der Waals surface area (Å²) >= 11 is 0. The van der Waals surface area contributed by atoms with Gasteiger partial charge in [0.1, 0.15) is 6.10 Å². The van der Waals surface area contributed by atoms with Crippen LogP contribution in [0.2, 0.25) is 0 Å². The van der Waals surface area contributed by atoms with E-state index >= 15 is 0 Å². The molecule has 1 aromatic carbocycles. The largest absolute Gasteiger partial charge is 0.370 e. The van der Waals surface area contributed by atoms with E-state index in [0.29, 0.717) is 32.7 Å². The van der Waals surface area contributed by atoms with Crippen molar-refractivity contribution in [3.63, 3.8) is 0 Å². The molecule has 0 saturated carbocycles. The van der Waals surface area contributed by atoms with E-state index in [2.05, 4.69) is 5.32 Å². The molecule has 3 rings (SSSR count). The lowest BCUT2D eigenvalue weighted by Crippen LogP contribution is -2.45. The van der Waals surface area contributed by atoms with Crippen molar-refractivity contribution in [3.05, 3.63) is 35.9 Å². The maximum atomic E-state index is 12.4. The Balaban J connectivity index is 1.66. The molecule has 2 aliphatic heterocycles. The fourth-order valence-electron chi connectivity index (χ4n) is 2.76. The number of carbonyl (C=O) groups is 2. The first-order chi connectivity index (χ1) is 9.74. The number of ether oxygens (including phenoxy) is 1. The third kappa shape index (κ3) is 2.67. The maximum absolute atomic E-state index is 12.4. The van der Waals surface area contributed by atoms with Crippen LogP contribution in [0.15, 0.2) is 30.3 Å². The smallest absolute Gasteiger partial charge is 0.228 e. The highest BCUT2D eigenvalue weighted by Gasteiger charge is 2.34. The molecule has 1 aromatic rings. The Bertz CT molecular complexity index is 503. The number of carbonyl (C=O) groups excluding carboxylic acids is 2. The molecule has 2 heterocycles. The van der Waals surface area contributed by atoms with E-state index in [-0.39, 0.29) is 23.8 Å². The number of nitrogens with zero attached hydrogens (tertiary/aromatic N) is 1. The van der Waals surface area contributed by atoms with Gasteiger partial charge in [0.05, 0.1) is 19.1 Å². The van der Waals surface area contributed by atoms with Gasteiger partial charge in [-0.2, -0.15) is 0 Å². The van der Waals surface area contributed by atoms with Gasteiger partial charge >= 0.3 is 0 Å². The molecule has 1 N–H and O–H groups in total. The molecule has 0 bridgehead atoms. The van der Waals surface area contributed by atoms with Crippen molar-refractivity contribution in [2.24, 2.45) is 5.92 Å². The van der Waals surface area contributed by atoms with Crippen molar-refractivity contribution in [1.29, 1.82) is 0 Å². The van der Waals surface area contributed by atoms with E-state index in [1.165, 1.54) is 0 Å². The average Bonchev–Trinajstić information content (AvgIpc) is 2.94. The SMILES string of the molecule is O=C1CC(C(=O)N2CCOC(c3ccccc3)C2)CN1. The van der Waals surface area contributed by atoms with E-state index in [9.17, 15) is 9.59 Å². The van der Waals surface area contributed by atoms with Crippen LogP contribution < -0.4 is 5.32 Å². The highest BCUT2D eigenvalue weighted by atomic mass is 16.5. The minimum Gasteiger partial charge on any atom is -0.370 e. The topological polar surface area (TPSA) is 58.6 Å². The van der Waals surface area contributed by atoms with Crippen molar-refractivity contribution in [3.8, 4) is 0 Å². The molecule has 2 saturated heterocycles. The molecular formula is C15H18N2O3.